The fourth-order valence-corrected chi connectivity index (χ4v) is 4.58. The molecule has 0 aromatic carbocycles. The Hall–Kier alpha value is -1.38. The van der Waals surface area contributed by atoms with Crippen LogP contribution in [-0.4, -0.2) is 102 Å². The van der Waals surface area contributed by atoms with E-state index in [0.717, 1.165) is 38.8 Å². The van der Waals surface area contributed by atoms with Gasteiger partial charge in [-0.05, 0) is 44.6 Å². The summed E-state index contributed by atoms with van der Waals surface area (Å²) in [5.41, 5.74) is 0.193. The van der Waals surface area contributed by atoms with Crippen LogP contribution >= 0.6 is 0 Å². The fourth-order valence-electron chi connectivity index (χ4n) is 4.58. The number of carbonyl (C=O) groups excluding carboxylic acids is 1. The van der Waals surface area contributed by atoms with Crippen LogP contribution in [0.1, 0.15) is 39.0 Å². The summed E-state index contributed by atoms with van der Waals surface area (Å²) in [5.74, 6) is -0.0109. The number of ether oxygens (including phenoxy) is 1. The standard InChI is InChI=1S/C19H33N3O5/c1-14-11-22(17(24)4-9-21(14)18(25)26)15(13-27-2)3-8-20-10-7-19(5-6-19)16(23)12-20/h14-16,23H,3-13H2,1-2H3,(H,25,26)/t14?,15-,16?/m0/s1. The number of likely N-dealkylation sites (tertiary alicyclic amines) is 1. The maximum atomic E-state index is 12.6. The first-order chi connectivity index (χ1) is 12.9. The third-order valence-corrected chi connectivity index (χ3v) is 6.66. The number of carbonyl (C=O) groups is 2. The quantitative estimate of drug-likeness (QED) is 0.706. The highest BCUT2D eigenvalue weighted by atomic mass is 16.5. The Morgan fingerprint density at radius 3 is 2.63 bits per heavy atom. The minimum Gasteiger partial charge on any atom is -0.465 e. The Balaban J connectivity index is 1.58. The average molecular weight is 383 g/mol. The molecule has 2 amide bonds. The minimum absolute atomic E-state index is 0.0109. The third-order valence-electron chi connectivity index (χ3n) is 6.66. The van der Waals surface area contributed by atoms with Crippen molar-refractivity contribution in [2.45, 2.75) is 57.2 Å². The van der Waals surface area contributed by atoms with Crippen LogP contribution in [-0.2, 0) is 9.53 Å². The van der Waals surface area contributed by atoms with Crippen LogP contribution in [0.5, 0.6) is 0 Å². The van der Waals surface area contributed by atoms with Gasteiger partial charge in [-0.25, -0.2) is 4.79 Å². The van der Waals surface area contributed by atoms with Crippen LogP contribution in [0, 0.1) is 5.41 Å². The Kier molecular flexibility index (Phi) is 6.28. The molecular formula is C19H33N3O5. The van der Waals surface area contributed by atoms with Crippen molar-refractivity contribution in [2.75, 3.05) is 46.4 Å². The van der Waals surface area contributed by atoms with E-state index in [0.29, 0.717) is 19.7 Å². The predicted octanol–water partition coefficient (Wildman–Crippen LogP) is 0.839. The van der Waals surface area contributed by atoms with Crippen molar-refractivity contribution in [3.63, 3.8) is 0 Å². The van der Waals surface area contributed by atoms with Gasteiger partial charge in [-0.1, -0.05) is 0 Å². The Labute approximate surface area is 161 Å². The van der Waals surface area contributed by atoms with Crippen molar-refractivity contribution in [3.8, 4) is 0 Å². The zero-order chi connectivity index (χ0) is 19.6. The zero-order valence-corrected chi connectivity index (χ0v) is 16.5. The normalized spacial score (nSPS) is 29.7. The van der Waals surface area contributed by atoms with Crippen LogP contribution in [0.15, 0.2) is 0 Å². The second-order valence-corrected chi connectivity index (χ2v) is 8.45. The molecule has 0 radical (unpaired) electrons. The maximum Gasteiger partial charge on any atom is 0.407 e. The van der Waals surface area contributed by atoms with Gasteiger partial charge in [0.25, 0.3) is 0 Å². The second kappa shape index (κ2) is 8.32. The molecule has 2 aliphatic heterocycles. The van der Waals surface area contributed by atoms with Crippen LogP contribution in [0.25, 0.3) is 0 Å². The van der Waals surface area contributed by atoms with Gasteiger partial charge in [0.15, 0.2) is 0 Å². The highest BCUT2D eigenvalue weighted by molar-refractivity contribution is 5.78. The first-order valence-corrected chi connectivity index (χ1v) is 10.0. The van der Waals surface area contributed by atoms with Crippen molar-refractivity contribution >= 4 is 12.0 Å². The van der Waals surface area contributed by atoms with Crippen molar-refractivity contribution in [2.24, 2.45) is 5.41 Å². The van der Waals surface area contributed by atoms with Gasteiger partial charge in [0.1, 0.15) is 0 Å². The number of rotatable bonds is 6. The molecule has 27 heavy (non-hydrogen) atoms. The molecule has 0 bridgehead atoms. The smallest absolute Gasteiger partial charge is 0.407 e. The third kappa shape index (κ3) is 4.55. The first-order valence-electron chi connectivity index (χ1n) is 10.0. The second-order valence-electron chi connectivity index (χ2n) is 8.45. The Bertz CT molecular complexity index is 553. The van der Waals surface area contributed by atoms with Crippen molar-refractivity contribution in [1.82, 2.24) is 14.7 Å². The minimum atomic E-state index is -0.975. The van der Waals surface area contributed by atoms with Gasteiger partial charge < -0.3 is 29.6 Å². The van der Waals surface area contributed by atoms with E-state index >= 15 is 0 Å². The van der Waals surface area contributed by atoms with E-state index in [-0.39, 0.29) is 42.5 Å². The fraction of sp³-hybridized carbons (Fsp3) is 0.895. The number of β-amino-alcohol motifs (C(OH)–C–C–N with tert-alkyl or cyclic N) is 1. The number of aliphatic hydroxyl groups excluding tert-OH is 1. The maximum absolute atomic E-state index is 12.6. The van der Waals surface area contributed by atoms with Gasteiger partial charge in [0.2, 0.25) is 5.91 Å². The van der Waals surface area contributed by atoms with Gasteiger partial charge in [-0.15, -0.1) is 0 Å². The van der Waals surface area contributed by atoms with E-state index in [2.05, 4.69) is 4.90 Å². The lowest BCUT2D eigenvalue weighted by molar-refractivity contribution is -0.134. The van der Waals surface area contributed by atoms with Gasteiger partial charge in [0, 0.05) is 45.8 Å². The molecule has 2 saturated heterocycles. The monoisotopic (exact) mass is 383 g/mol. The van der Waals surface area contributed by atoms with Gasteiger partial charge >= 0.3 is 6.09 Å². The molecule has 3 fully saturated rings. The predicted molar refractivity (Wildman–Crippen MR) is 99.5 cm³/mol. The molecule has 8 nitrogen and oxygen atoms in total. The van der Waals surface area contributed by atoms with Crippen LogP contribution in [0.4, 0.5) is 4.79 Å². The van der Waals surface area contributed by atoms with E-state index in [1.165, 1.54) is 4.90 Å². The molecule has 8 heteroatoms. The van der Waals surface area contributed by atoms with Crippen LogP contribution in [0.3, 0.4) is 0 Å². The molecule has 3 rings (SSSR count). The summed E-state index contributed by atoms with van der Waals surface area (Å²) in [6.45, 7) is 5.43. The molecule has 2 unspecified atom stereocenters. The van der Waals surface area contributed by atoms with Gasteiger partial charge in [-0.3, -0.25) is 4.79 Å². The number of carboxylic acid groups (broad SMARTS) is 1. The molecule has 0 aromatic rings. The van der Waals surface area contributed by atoms with Crippen molar-refractivity contribution in [1.29, 1.82) is 0 Å². The topological polar surface area (TPSA) is 93.6 Å². The number of amides is 2. The summed E-state index contributed by atoms with van der Waals surface area (Å²) in [4.78, 5) is 29.5. The molecule has 154 valence electrons. The lowest BCUT2D eigenvalue weighted by atomic mass is 9.90. The number of methoxy groups -OCH3 is 1. The molecule has 1 saturated carbocycles. The molecule has 1 aliphatic carbocycles. The molecular weight excluding hydrogens is 350 g/mol. The zero-order valence-electron chi connectivity index (χ0n) is 16.5. The molecule has 2 N–H and O–H groups in total. The lowest BCUT2D eigenvalue weighted by Gasteiger charge is -2.38. The average Bonchev–Trinajstić information content (AvgIpc) is 3.41. The van der Waals surface area contributed by atoms with Gasteiger partial charge in [-0.2, -0.15) is 0 Å². The van der Waals surface area contributed by atoms with E-state index in [1.54, 1.807) is 12.0 Å². The van der Waals surface area contributed by atoms with Crippen LogP contribution < -0.4 is 0 Å². The highest BCUT2D eigenvalue weighted by Gasteiger charge is 2.51. The summed E-state index contributed by atoms with van der Waals surface area (Å²) in [7, 11) is 1.63. The molecule has 3 aliphatic rings. The summed E-state index contributed by atoms with van der Waals surface area (Å²) < 4.78 is 5.37. The summed E-state index contributed by atoms with van der Waals surface area (Å²) in [6.07, 6.45) is 3.10. The molecule has 1 spiro atoms. The molecule has 2 heterocycles. The van der Waals surface area contributed by atoms with E-state index in [1.807, 2.05) is 6.92 Å². The Morgan fingerprint density at radius 2 is 2.04 bits per heavy atom. The van der Waals surface area contributed by atoms with E-state index in [4.69, 9.17) is 4.74 Å². The molecule has 0 aromatic heterocycles. The van der Waals surface area contributed by atoms with Crippen LogP contribution in [0.2, 0.25) is 0 Å². The number of aliphatic hydroxyl groups is 1. The number of hydrogen-bond donors (Lipinski definition) is 2. The summed E-state index contributed by atoms with van der Waals surface area (Å²) in [5, 5.41) is 19.7. The molecule has 3 atom stereocenters. The van der Waals surface area contributed by atoms with E-state index in [9.17, 15) is 19.8 Å². The number of nitrogens with zero attached hydrogens (tertiary/aromatic N) is 3. The largest absolute Gasteiger partial charge is 0.465 e. The first kappa shape index (κ1) is 20.4. The highest BCUT2D eigenvalue weighted by Crippen LogP contribution is 2.53. The van der Waals surface area contributed by atoms with Gasteiger partial charge in [0.05, 0.1) is 18.8 Å². The summed E-state index contributed by atoms with van der Waals surface area (Å²) >= 11 is 0. The SMILES string of the molecule is COC[C@H](CCN1CCC2(CC2)C(O)C1)N1CC(C)N(C(=O)O)CCC1=O. The summed E-state index contributed by atoms with van der Waals surface area (Å²) in [6, 6.07) is -0.313. The number of hydrogen-bond acceptors (Lipinski definition) is 5. The van der Waals surface area contributed by atoms with Crippen molar-refractivity contribution < 1.29 is 24.5 Å². The lowest BCUT2D eigenvalue weighted by Crippen LogP contribution is -2.50. The Morgan fingerprint density at radius 1 is 1.30 bits per heavy atom. The van der Waals surface area contributed by atoms with E-state index < -0.39 is 6.09 Å². The number of piperidine rings is 1. The van der Waals surface area contributed by atoms with Crippen molar-refractivity contribution in [3.05, 3.63) is 0 Å².